The Hall–Kier alpha value is -2.61. The Balaban J connectivity index is 1.85. The molecule has 0 saturated carbocycles. The molecule has 0 bridgehead atoms. The molecule has 3 aromatic rings. The zero-order valence-corrected chi connectivity index (χ0v) is 12.9. The van der Waals surface area contributed by atoms with Crippen LogP contribution >= 0.6 is 11.7 Å². The molecule has 2 heterocycles. The number of aromatic nitrogens is 2. The van der Waals surface area contributed by atoms with Crippen LogP contribution in [0.4, 0.5) is 8.78 Å². The lowest BCUT2D eigenvalue weighted by atomic mass is 9.85. The Morgan fingerprint density at radius 1 is 1.25 bits per heavy atom. The number of esters is 1. The second kappa shape index (κ2) is 5.79. The van der Waals surface area contributed by atoms with E-state index in [-0.39, 0.29) is 24.1 Å². The molecule has 0 spiro atoms. The maximum absolute atomic E-state index is 12.4. The van der Waals surface area contributed by atoms with Crippen molar-refractivity contribution in [2.75, 3.05) is 0 Å². The highest BCUT2D eigenvalue weighted by molar-refractivity contribution is 7.00. The first-order valence-corrected chi connectivity index (χ1v) is 7.85. The SMILES string of the molecule is O=C1CC(c2cccc(OC(F)F)c2)c2c(ccc3nsnc23)O1. The summed E-state index contributed by atoms with van der Waals surface area (Å²) < 4.78 is 43.1. The fraction of sp³-hybridized carbons (Fsp3) is 0.188. The third kappa shape index (κ3) is 2.58. The first-order valence-electron chi connectivity index (χ1n) is 7.12. The summed E-state index contributed by atoms with van der Waals surface area (Å²) >= 11 is 1.07. The predicted octanol–water partition coefficient (Wildman–Crippen LogP) is 3.73. The van der Waals surface area contributed by atoms with Gasteiger partial charge in [-0.1, -0.05) is 12.1 Å². The van der Waals surface area contributed by atoms with Gasteiger partial charge >= 0.3 is 12.6 Å². The van der Waals surface area contributed by atoms with E-state index in [1.807, 2.05) is 0 Å². The quantitative estimate of drug-likeness (QED) is 0.533. The van der Waals surface area contributed by atoms with Crippen LogP contribution in [0.25, 0.3) is 11.0 Å². The summed E-state index contributed by atoms with van der Waals surface area (Å²) in [7, 11) is 0. The van der Waals surface area contributed by atoms with Crippen LogP contribution in [0.3, 0.4) is 0 Å². The molecule has 0 N–H and O–H groups in total. The van der Waals surface area contributed by atoms with Gasteiger partial charge in [-0.2, -0.15) is 17.5 Å². The van der Waals surface area contributed by atoms with Crippen LogP contribution in [0, 0.1) is 0 Å². The third-order valence-electron chi connectivity index (χ3n) is 3.86. The first kappa shape index (κ1) is 14.9. The molecule has 8 heteroatoms. The first-order chi connectivity index (χ1) is 11.6. The highest BCUT2D eigenvalue weighted by atomic mass is 32.1. The summed E-state index contributed by atoms with van der Waals surface area (Å²) in [5.41, 5.74) is 2.80. The molecule has 0 fully saturated rings. The fourth-order valence-electron chi connectivity index (χ4n) is 2.90. The molecule has 2 aromatic carbocycles. The summed E-state index contributed by atoms with van der Waals surface area (Å²) in [5, 5.41) is 0. The second-order valence-corrected chi connectivity index (χ2v) is 5.82. The number of benzene rings is 2. The molecule has 122 valence electrons. The molecule has 1 aliphatic heterocycles. The van der Waals surface area contributed by atoms with Crippen LogP contribution in [-0.2, 0) is 4.79 Å². The number of carbonyl (C=O) groups is 1. The summed E-state index contributed by atoms with van der Waals surface area (Å²) in [4.78, 5) is 11.9. The molecule has 4 rings (SSSR count). The minimum absolute atomic E-state index is 0.0477. The number of carbonyl (C=O) groups excluding carboxylic acids is 1. The van der Waals surface area contributed by atoms with Gasteiger partial charge in [0.15, 0.2) is 0 Å². The maximum atomic E-state index is 12.4. The summed E-state index contributed by atoms with van der Waals surface area (Å²) in [6.07, 6.45) is 0.0990. The molecular formula is C16H10F2N2O3S. The minimum atomic E-state index is -2.90. The number of hydrogen-bond acceptors (Lipinski definition) is 6. The zero-order chi connectivity index (χ0) is 16.7. The Labute approximate surface area is 139 Å². The summed E-state index contributed by atoms with van der Waals surface area (Å²) in [6.45, 7) is -2.90. The predicted molar refractivity (Wildman–Crippen MR) is 82.6 cm³/mol. The van der Waals surface area contributed by atoms with Crippen molar-refractivity contribution in [3.63, 3.8) is 0 Å². The van der Waals surface area contributed by atoms with E-state index in [4.69, 9.17) is 4.74 Å². The van der Waals surface area contributed by atoms with E-state index in [9.17, 15) is 13.6 Å². The van der Waals surface area contributed by atoms with E-state index >= 15 is 0 Å². The standard InChI is InChI=1S/C16H10F2N2O3S/c17-16(18)22-9-3-1-2-8(6-9)10-7-13(21)23-12-5-4-11-15(14(10)12)20-24-19-11/h1-6,10,16H,7H2. The highest BCUT2D eigenvalue weighted by Gasteiger charge is 2.31. The molecule has 1 aliphatic rings. The molecule has 0 saturated heterocycles. The summed E-state index contributed by atoms with van der Waals surface area (Å²) in [5.74, 6) is -0.256. The summed E-state index contributed by atoms with van der Waals surface area (Å²) in [6, 6.07) is 9.77. The van der Waals surface area contributed by atoms with Crippen LogP contribution in [-0.4, -0.2) is 21.3 Å². The van der Waals surface area contributed by atoms with E-state index in [0.29, 0.717) is 22.3 Å². The molecule has 24 heavy (non-hydrogen) atoms. The van der Waals surface area contributed by atoms with E-state index in [0.717, 1.165) is 17.3 Å². The van der Waals surface area contributed by atoms with Gasteiger partial charge in [-0.3, -0.25) is 4.79 Å². The van der Waals surface area contributed by atoms with Crippen molar-refractivity contribution < 1.29 is 23.0 Å². The number of hydrogen-bond donors (Lipinski definition) is 0. The number of fused-ring (bicyclic) bond motifs is 3. The van der Waals surface area contributed by atoms with Gasteiger partial charge in [0.1, 0.15) is 22.5 Å². The van der Waals surface area contributed by atoms with Gasteiger partial charge in [0.25, 0.3) is 0 Å². The number of alkyl halides is 2. The van der Waals surface area contributed by atoms with Crippen LogP contribution < -0.4 is 9.47 Å². The number of nitrogens with zero attached hydrogens (tertiary/aromatic N) is 2. The lowest BCUT2D eigenvalue weighted by Gasteiger charge is -2.25. The maximum Gasteiger partial charge on any atom is 0.387 e. The van der Waals surface area contributed by atoms with Gasteiger partial charge in [-0.25, -0.2) is 0 Å². The van der Waals surface area contributed by atoms with E-state index < -0.39 is 6.61 Å². The third-order valence-corrected chi connectivity index (χ3v) is 4.40. The Morgan fingerprint density at radius 2 is 2.12 bits per heavy atom. The highest BCUT2D eigenvalue weighted by Crippen LogP contribution is 2.42. The Bertz CT molecular complexity index is 929. The van der Waals surface area contributed by atoms with Crippen molar-refractivity contribution >= 4 is 28.7 Å². The van der Waals surface area contributed by atoms with Crippen LogP contribution in [0.5, 0.6) is 11.5 Å². The topological polar surface area (TPSA) is 61.3 Å². The van der Waals surface area contributed by atoms with E-state index in [1.54, 1.807) is 24.3 Å². The number of ether oxygens (including phenoxy) is 2. The van der Waals surface area contributed by atoms with Crippen molar-refractivity contribution in [1.29, 1.82) is 0 Å². The second-order valence-electron chi connectivity index (χ2n) is 5.29. The Kier molecular flexibility index (Phi) is 3.61. The van der Waals surface area contributed by atoms with Crippen LogP contribution in [0.2, 0.25) is 0 Å². The van der Waals surface area contributed by atoms with E-state index in [2.05, 4.69) is 13.5 Å². The monoisotopic (exact) mass is 348 g/mol. The van der Waals surface area contributed by atoms with E-state index in [1.165, 1.54) is 12.1 Å². The molecule has 0 amide bonds. The van der Waals surface area contributed by atoms with Crippen molar-refractivity contribution in [1.82, 2.24) is 8.75 Å². The lowest BCUT2D eigenvalue weighted by Crippen LogP contribution is -2.21. The Morgan fingerprint density at radius 3 is 2.96 bits per heavy atom. The number of rotatable bonds is 3. The van der Waals surface area contributed by atoms with Gasteiger partial charge < -0.3 is 9.47 Å². The zero-order valence-electron chi connectivity index (χ0n) is 12.1. The van der Waals surface area contributed by atoms with Gasteiger partial charge in [0.2, 0.25) is 0 Å². The molecule has 1 aromatic heterocycles. The molecule has 1 unspecified atom stereocenters. The van der Waals surface area contributed by atoms with Crippen molar-refractivity contribution in [2.24, 2.45) is 0 Å². The molecule has 0 aliphatic carbocycles. The van der Waals surface area contributed by atoms with Gasteiger partial charge in [0, 0.05) is 11.5 Å². The normalized spacial score (nSPS) is 17.0. The molecule has 1 atom stereocenters. The van der Waals surface area contributed by atoms with Gasteiger partial charge in [-0.05, 0) is 29.8 Å². The molecule has 5 nitrogen and oxygen atoms in total. The van der Waals surface area contributed by atoms with Crippen LogP contribution in [0.15, 0.2) is 36.4 Å². The molecular weight excluding hydrogens is 338 g/mol. The van der Waals surface area contributed by atoms with Crippen molar-refractivity contribution in [2.45, 2.75) is 19.0 Å². The molecule has 0 radical (unpaired) electrons. The van der Waals surface area contributed by atoms with Crippen LogP contribution in [0.1, 0.15) is 23.5 Å². The van der Waals surface area contributed by atoms with Gasteiger partial charge in [-0.15, -0.1) is 0 Å². The smallest absolute Gasteiger partial charge is 0.387 e. The lowest BCUT2D eigenvalue weighted by molar-refractivity contribution is -0.135. The largest absolute Gasteiger partial charge is 0.435 e. The van der Waals surface area contributed by atoms with Crippen molar-refractivity contribution in [3.8, 4) is 11.5 Å². The average Bonchev–Trinajstić information content (AvgIpc) is 3.02. The average molecular weight is 348 g/mol. The number of halogens is 2. The minimum Gasteiger partial charge on any atom is -0.435 e. The van der Waals surface area contributed by atoms with Gasteiger partial charge in [0.05, 0.1) is 18.1 Å². The van der Waals surface area contributed by atoms with Crippen molar-refractivity contribution in [3.05, 3.63) is 47.5 Å². The fourth-order valence-corrected chi connectivity index (χ4v) is 3.45.